The molecule has 0 aliphatic heterocycles. The van der Waals surface area contributed by atoms with E-state index in [0.29, 0.717) is 5.65 Å². The van der Waals surface area contributed by atoms with Crippen LogP contribution in [0.15, 0.2) is 53.3 Å². The van der Waals surface area contributed by atoms with Crippen LogP contribution in [0.5, 0.6) is 0 Å². The van der Waals surface area contributed by atoms with Crippen LogP contribution in [0.25, 0.3) is 44.3 Å². The van der Waals surface area contributed by atoms with Gasteiger partial charge in [0, 0.05) is 38.9 Å². The molecule has 0 atom stereocenters. The Bertz CT molecular complexity index is 1060. The van der Waals surface area contributed by atoms with E-state index in [9.17, 15) is 0 Å². The lowest BCUT2D eigenvalue weighted by atomic mass is 10.0. The molecule has 0 fully saturated rings. The Balaban J connectivity index is 2.04. The van der Waals surface area contributed by atoms with Gasteiger partial charge < -0.3 is 0 Å². The fourth-order valence-electron chi connectivity index (χ4n) is 3.11. The van der Waals surface area contributed by atoms with Gasteiger partial charge in [-0.1, -0.05) is 40.2 Å². The molecular formula is C17H8BrN3. The SMILES string of the molecule is Brc1ccc2cccc3c2c1-c1cc2nccnc2nc1-3. The Labute approximate surface area is 128 Å². The van der Waals surface area contributed by atoms with Gasteiger partial charge in [0.05, 0.1) is 5.69 Å². The van der Waals surface area contributed by atoms with E-state index in [1.165, 1.54) is 21.9 Å². The number of halogens is 1. The van der Waals surface area contributed by atoms with Crippen LogP contribution in [0.4, 0.5) is 0 Å². The number of benzene rings is 2. The number of hydrogen-bond donors (Lipinski definition) is 0. The lowest BCUT2D eigenvalue weighted by Crippen LogP contribution is -1.90. The molecule has 2 heterocycles. The molecule has 1 aliphatic carbocycles. The van der Waals surface area contributed by atoms with Crippen molar-refractivity contribution in [2.45, 2.75) is 0 Å². The van der Waals surface area contributed by atoms with Crippen LogP contribution in [0, 0.1) is 0 Å². The van der Waals surface area contributed by atoms with Crippen LogP contribution in [0.1, 0.15) is 0 Å². The average molecular weight is 334 g/mol. The van der Waals surface area contributed by atoms with E-state index in [2.05, 4.69) is 62.3 Å². The van der Waals surface area contributed by atoms with Gasteiger partial charge in [0.15, 0.2) is 5.65 Å². The fourth-order valence-corrected chi connectivity index (χ4v) is 3.65. The molecule has 0 N–H and O–H groups in total. The minimum atomic E-state index is 0.692. The van der Waals surface area contributed by atoms with Gasteiger partial charge in [-0.05, 0) is 17.5 Å². The monoisotopic (exact) mass is 333 g/mol. The summed E-state index contributed by atoms with van der Waals surface area (Å²) in [7, 11) is 0. The predicted octanol–water partition coefficient (Wildman–Crippen LogP) is 4.59. The van der Waals surface area contributed by atoms with Crippen molar-refractivity contribution in [2.24, 2.45) is 0 Å². The average Bonchev–Trinajstić information content (AvgIpc) is 2.85. The quantitative estimate of drug-likeness (QED) is 0.416. The second-order valence-electron chi connectivity index (χ2n) is 5.11. The number of nitrogens with zero attached hydrogens (tertiary/aromatic N) is 3. The molecule has 4 aromatic rings. The van der Waals surface area contributed by atoms with Crippen LogP contribution in [-0.2, 0) is 0 Å². The minimum Gasteiger partial charge on any atom is -0.251 e. The third-order valence-corrected chi connectivity index (χ3v) is 4.64. The largest absolute Gasteiger partial charge is 0.251 e. The number of fused-ring (bicyclic) bond motifs is 4. The van der Waals surface area contributed by atoms with Gasteiger partial charge in [-0.2, -0.15) is 0 Å². The first-order valence-electron chi connectivity index (χ1n) is 6.67. The van der Waals surface area contributed by atoms with Gasteiger partial charge in [-0.3, -0.25) is 4.98 Å². The first kappa shape index (κ1) is 11.3. The van der Waals surface area contributed by atoms with E-state index in [0.717, 1.165) is 21.2 Å². The van der Waals surface area contributed by atoms with Crippen LogP contribution in [-0.4, -0.2) is 15.0 Å². The zero-order chi connectivity index (χ0) is 14.0. The van der Waals surface area contributed by atoms with Gasteiger partial charge in [0.2, 0.25) is 0 Å². The summed E-state index contributed by atoms with van der Waals surface area (Å²) in [6, 6.07) is 12.7. The molecule has 0 saturated carbocycles. The summed E-state index contributed by atoms with van der Waals surface area (Å²) in [5, 5.41) is 2.48. The Morgan fingerprint density at radius 1 is 0.905 bits per heavy atom. The Morgan fingerprint density at radius 2 is 1.81 bits per heavy atom. The second kappa shape index (κ2) is 3.86. The summed E-state index contributed by atoms with van der Waals surface area (Å²) in [6.45, 7) is 0. The number of pyridine rings is 1. The molecule has 0 amide bonds. The first-order chi connectivity index (χ1) is 10.3. The van der Waals surface area contributed by atoms with Crippen molar-refractivity contribution in [1.29, 1.82) is 0 Å². The molecule has 0 saturated heterocycles. The highest BCUT2D eigenvalue weighted by atomic mass is 79.9. The summed E-state index contributed by atoms with van der Waals surface area (Å²) in [5.41, 5.74) is 6.02. The van der Waals surface area contributed by atoms with Crippen LogP contribution in [0.3, 0.4) is 0 Å². The standard InChI is InChI=1S/C17H8BrN3/c18-12-5-4-9-2-1-3-10-14(9)15(12)11-8-13-17(21-16(10)11)20-7-6-19-13/h1-8H. The number of hydrogen-bond acceptors (Lipinski definition) is 3. The van der Waals surface area contributed by atoms with Gasteiger partial charge in [0.1, 0.15) is 5.52 Å². The third-order valence-electron chi connectivity index (χ3n) is 3.98. The molecule has 0 radical (unpaired) electrons. The molecule has 2 aromatic heterocycles. The molecule has 2 aromatic carbocycles. The zero-order valence-corrected chi connectivity index (χ0v) is 12.4. The van der Waals surface area contributed by atoms with Crippen molar-refractivity contribution >= 4 is 37.9 Å². The fraction of sp³-hybridized carbons (Fsp3) is 0. The predicted molar refractivity (Wildman–Crippen MR) is 87.0 cm³/mol. The van der Waals surface area contributed by atoms with Gasteiger partial charge in [-0.25, -0.2) is 9.97 Å². The number of aromatic nitrogens is 3. The Morgan fingerprint density at radius 3 is 2.76 bits per heavy atom. The maximum Gasteiger partial charge on any atom is 0.178 e. The van der Waals surface area contributed by atoms with Crippen LogP contribution < -0.4 is 0 Å². The molecule has 4 heteroatoms. The van der Waals surface area contributed by atoms with E-state index in [1.807, 2.05) is 0 Å². The number of rotatable bonds is 0. The molecule has 5 rings (SSSR count). The highest BCUT2D eigenvalue weighted by Gasteiger charge is 2.25. The second-order valence-corrected chi connectivity index (χ2v) is 5.96. The topological polar surface area (TPSA) is 38.7 Å². The van der Waals surface area contributed by atoms with Crippen molar-refractivity contribution in [1.82, 2.24) is 15.0 Å². The summed E-state index contributed by atoms with van der Waals surface area (Å²) in [4.78, 5) is 13.4. The Hall–Kier alpha value is -2.33. The van der Waals surface area contributed by atoms with E-state index in [4.69, 9.17) is 4.98 Å². The minimum absolute atomic E-state index is 0.692. The van der Waals surface area contributed by atoms with Gasteiger partial charge in [-0.15, -0.1) is 0 Å². The van der Waals surface area contributed by atoms with Crippen molar-refractivity contribution in [2.75, 3.05) is 0 Å². The summed E-state index contributed by atoms with van der Waals surface area (Å²) >= 11 is 3.68. The van der Waals surface area contributed by atoms with Crippen molar-refractivity contribution < 1.29 is 0 Å². The summed E-state index contributed by atoms with van der Waals surface area (Å²) in [5.74, 6) is 0. The highest BCUT2D eigenvalue weighted by Crippen LogP contribution is 2.49. The summed E-state index contributed by atoms with van der Waals surface area (Å²) in [6.07, 6.45) is 3.38. The van der Waals surface area contributed by atoms with Gasteiger partial charge >= 0.3 is 0 Å². The van der Waals surface area contributed by atoms with Crippen LogP contribution in [0.2, 0.25) is 0 Å². The molecule has 98 valence electrons. The maximum absolute atomic E-state index is 4.74. The van der Waals surface area contributed by atoms with Crippen molar-refractivity contribution in [3.8, 4) is 22.4 Å². The molecule has 3 nitrogen and oxygen atoms in total. The smallest absolute Gasteiger partial charge is 0.178 e. The van der Waals surface area contributed by atoms with E-state index >= 15 is 0 Å². The van der Waals surface area contributed by atoms with E-state index < -0.39 is 0 Å². The Kier molecular flexibility index (Phi) is 2.08. The molecule has 1 aliphatic rings. The lowest BCUT2D eigenvalue weighted by Gasteiger charge is -2.04. The van der Waals surface area contributed by atoms with Crippen molar-refractivity contribution in [3.63, 3.8) is 0 Å². The maximum atomic E-state index is 4.74. The van der Waals surface area contributed by atoms with E-state index in [-0.39, 0.29) is 0 Å². The van der Waals surface area contributed by atoms with Crippen molar-refractivity contribution in [3.05, 3.63) is 53.3 Å². The van der Waals surface area contributed by atoms with E-state index in [1.54, 1.807) is 12.4 Å². The molecule has 21 heavy (non-hydrogen) atoms. The zero-order valence-electron chi connectivity index (χ0n) is 10.8. The van der Waals surface area contributed by atoms with Gasteiger partial charge in [0.25, 0.3) is 0 Å². The summed E-state index contributed by atoms with van der Waals surface area (Å²) < 4.78 is 1.09. The lowest BCUT2D eigenvalue weighted by molar-refractivity contribution is 1.23. The molecule has 0 bridgehead atoms. The first-order valence-corrected chi connectivity index (χ1v) is 7.46. The normalized spacial score (nSPS) is 12.0. The van der Waals surface area contributed by atoms with Crippen LogP contribution >= 0.6 is 15.9 Å². The highest BCUT2D eigenvalue weighted by molar-refractivity contribution is 9.10. The molecule has 0 unspecified atom stereocenters. The molecular weight excluding hydrogens is 326 g/mol. The third kappa shape index (κ3) is 1.40. The molecule has 0 spiro atoms.